The zero-order valence-corrected chi connectivity index (χ0v) is 25.0. The molecule has 0 bridgehead atoms. The summed E-state index contributed by atoms with van der Waals surface area (Å²) in [6, 6.07) is 8.76. The third-order valence-corrected chi connectivity index (χ3v) is 8.50. The number of aliphatic hydroxyl groups excluding tert-OH is 7. The fourth-order valence-electron chi connectivity index (χ4n) is 5.83. The largest absolute Gasteiger partial charge is 0.504 e. The minimum absolute atomic E-state index is 0.0950. The van der Waals surface area contributed by atoms with Gasteiger partial charge in [0, 0.05) is 0 Å². The average molecular weight is 653 g/mol. The van der Waals surface area contributed by atoms with Gasteiger partial charge in [-0.2, -0.15) is 0 Å². The van der Waals surface area contributed by atoms with Crippen molar-refractivity contribution in [3.05, 3.63) is 53.6 Å². The molecule has 2 fully saturated rings. The average Bonchev–Trinajstić information content (AvgIpc) is 3.04. The standard InChI is InChI=1S/C31H40O15/c1-43-19-8-4-14(11-17(19)34)3-7-16(33)23(36)27-29(41)31(42,30-26(39)25(38)24(37)22(13-32)46-30)28(40)21(45-27)10-6-15-5-9-20(44-2)18(35)12-15/h3-5,7-9,11-12,21-30,32,34-42H,6,10,13H2,1-2H3/t21?,22-,23?,24-,25-,26-,27-,28+,29-,30?,31-/m1/s1. The Bertz CT molecular complexity index is 1380. The van der Waals surface area contributed by atoms with Gasteiger partial charge in [0.05, 0.1) is 26.9 Å². The molecule has 0 saturated carbocycles. The normalized spacial score (nSPS) is 33.9. The number of hydrogen-bond donors (Lipinski definition) is 10. The second-order valence-corrected chi connectivity index (χ2v) is 11.3. The van der Waals surface area contributed by atoms with Crippen LogP contribution in [-0.4, -0.2) is 144 Å². The van der Waals surface area contributed by atoms with Crippen LogP contribution in [0.3, 0.4) is 0 Å². The number of aliphatic hydroxyl groups is 8. The Balaban J connectivity index is 1.65. The van der Waals surface area contributed by atoms with Gasteiger partial charge in [-0.25, -0.2) is 0 Å². The molecule has 0 aromatic heterocycles. The summed E-state index contributed by atoms with van der Waals surface area (Å²) < 4.78 is 21.3. The summed E-state index contributed by atoms with van der Waals surface area (Å²) >= 11 is 0. The number of carbonyl (C=O) groups excluding carboxylic acids is 1. The highest BCUT2D eigenvalue weighted by Gasteiger charge is 2.65. The first-order valence-corrected chi connectivity index (χ1v) is 14.5. The lowest BCUT2D eigenvalue weighted by molar-refractivity contribution is -0.347. The molecule has 10 N–H and O–H groups in total. The molecule has 2 saturated heterocycles. The van der Waals surface area contributed by atoms with Crippen LogP contribution in [-0.2, 0) is 20.7 Å². The number of methoxy groups -OCH3 is 2. The highest BCUT2D eigenvalue weighted by Crippen LogP contribution is 2.41. The summed E-state index contributed by atoms with van der Waals surface area (Å²) in [5.74, 6) is -1.00. The van der Waals surface area contributed by atoms with Crippen molar-refractivity contribution in [2.75, 3.05) is 20.8 Å². The van der Waals surface area contributed by atoms with Crippen molar-refractivity contribution in [1.29, 1.82) is 0 Å². The van der Waals surface area contributed by atoms with Crippen LogP contribution >= 0.6 is 0 Å². The highest BCUT2D eigenvalue weighted by atomic mass is 16.6. The predicted molar refractivity (Wildman–Crippen MR) is 157 cm³/mol. The van der Waals surface area contributed by atoms with E-state index >= 15 is 0 Å². The van der Waals surface area contributed by atoms with Gasteiger partial charge in [0.25, 0.3) is 0 Å². The van der Waals surface area contributed by atoms with E-state index in [0.717, 1.165) is 6.08 Å². The zero-order valence-electron chi connectivity index (χ0n) is 25.0. The Hall–Kier alpha value is -3.35. The van der Waals surface area contributed by atoms with E-state index in [1.165, 1.54) is 50.6 Å². The third-order valence-electron chi connectivity index (χ3n) is 8.50. The summed E-state index contributed by atoms with van der Waals surface area (Å²) in [5.41, 5.74) is -2.05. The molecule has 46 heavy (non-hydrogen) atoms. The first kappa shape index (κ1) is 35.5. The van der Waals surface area contributed by atoms with Gasteiger partial charge >= 0.3 is 0 Å². The van der Waals surface area contributed by atoms with Crippen LogP contribution in [0.4, 0.5) is 0 Å². The van der Waals surface area contributed by atoms with Crippen LogP contribution in [0.15, 0.2) is 42.5 Å². The molecule has 11 atom stereocenters. The molecule has 2 aliphatic heterocycles. The number of phenolic OH excluding ortho intramolecular Hbond substituents is 2. The number of benzene rings is 2. The zero-order chi connectivity index (χ0) is 33.9. The molecular formula is C31H40O15. The van der Waals surface area contributed by atoms with E-state index in [2.05, 4.69) is 0 Å². The fraction of sp³-hybridized carbons (Fsp3) is 0.516. The predicted octanol–water partition coefficient (Wildman–Crippen LogP) is -2.25. The maximum Gasteiger partial charge on any atom is 0.186 e. The van der Waals surface area contributed by atoms with Crippen molar-refractivity contribution in [3.8, 4) is 23.0 Å². The topological polar surface area (TPSA) is 256 Å². The van der Waals surface area contributed by atoms with Crippen LogP contribution in [0.25, 0.3) is 6.08 Å². The summed E-state index contributed by atoms with van der Waals surface area (Å²) in [5, 5.41) is 107. The first-order valence-electron chi connectivity index (χ1n) is 14.5. The minimum atomic E-state index is -2.93. The number of ketones is 1. The van der Waals surface area contributed by atoms with E-state index in [4.69, 9.17) is 18.9 Å². The van der Waals surface area contributed by atoms with Gasteiger partial charge in [-0.1, -0.05) is 18.2 Å². The van der Waals surface area contributed by atoms with Crippen molar-refractivity contribution in [2.24, 2.45) is 0 Å². The molecular weight excluding hydrogens is 612 g/mol. The molecule has 2 heterocycles. The second-order valence-electron chi connectivity index (χ2n) is 11.3. The van der Waals surface area contributed by atoms with Gasteiger partial charge in [-0.05, 0) is 54.3 Å². The number of ether oxygens (including phenoxy) is 4. The van der Waals surface area contributed by atoms with Crippen molar-refractivity contribution in [3.63, 3.8) is 0 Å². The molecule has 2 aliphatic rings. The van der Waals surface area contributed by atoms with Crippen LogP contribution < -0.4 is 9.47 Å². The van der Waals surface area contributed by atoms with Crippen LogP contribution in [0.2, 0.25) is 0 Å². The Morgan fingerprint density at radius 1 is 0.891 bits per heavy atom. The van der Waals surface area contributed by atoms with Crippen LogP contribution in [0.5, 0.6) is 23.0 Å². The van der Waals surface area contributed by atoms with Crippen molar-refractivity contribution in [1.82, 2.24) is 0 Å². The summed E-state index contributed by atoms with van der Waals surface area (Å²) in [4.78, 5) is 13.1. The fourth-order valence-corrected chi connectivity index (χ4v) is 5.83. The Kier molecular flexibility index (Phi) is 11.3. The van der Waals surface area contributed by atoms with Crippen molar-refractivity contribution < 1.29 is 74.8 Å². The van der Waals surface area contributed by atoms with E-state index < -0.39 is 79.0 Å². The van der Waals surface area contributed by atoms with E-state index in [0.29, 0.717) is 11.1 Å². The molecule has 2 aromatic carbocycles. The van der Waals surface area contributed by atoms with Gasteiger partial charge in [-0.3, -0.25) is 4.79 Å². The third kappa shape index (κ3) is 6.84. The Morgan fingerprint density at radius 2 is 1.52 bits per heavy atom. The first-order chi connectivity index (χ1) is 21.8. The number of phenols is 2. The lowest BCUT2D eigenvalue weighted by Gasteiger charge is -2.55. The Labute approximate surface area is 263 Å². The number of hydrogen-bond acceptors (Lipinski definition) is 15. The lowest BCUT2D eigenvalue weighted by Crippen LogP contribution is -2.78. The molecule has 4 rings (SSSR count). The quantitative estimate of drug-likeness (QED) is 0.115. The lowest BCUT2D eigenvalue weighted by atomic mass is 9.71. The summed E-state index contributed by atoms with van der Waals surface area (Å²) in [7, 11) is 2.73. The molecule has 254 valence electrons. The SMILES string of the molecule is COc1ccc(C=CC(=O)C(O)[C@H]2OC(CCc3ccc(OC)c(O)c3)[C@H](O)[C@](O)(C3O[C@H](CO)[C@@H](O)[C@@H](O)[C@H]3O)[C@@H]2O)cc1O. The monoisotopic (exact) mass is 652 g/mol. The molecule has 15 heteroatoms. The van der Waals surface area contributed by atoms with Gasteiger partial charge in [0.1, 0.15) is 60.5 Å². The van der Waals surface area contributed by atoms with E-state index in [1.807, 2.05) is 0 Å². The number of rotatable bonds is 11. The molecule has 3 unspecified atom stereocenters. The van der Waals surface area contributed by atoms with Gasteiger partial charge in [0.15, 0.2) is 28.8 Å². The van der Waals surface area contributed by atoms with Crippen molar-refractivity contribution in [2.45, 2.75) is 79.5 Å². The van der Waals surface area contributed by atoms with Gasteiger partial charge in [0.2, 0.25) is 0 Å². The smallest absolute Gasteiger partial charge is 0.186 e. The molecule has 0 radical (unpaired) electrons. The van der Waals surface area contributed by atoms with Crippen LogP contribution in [0, 0.1) is 0 Å². The Morgan fingerprint density at radius 3 is 2.11 bits per heavy atom. The molecule has 0 aliphatic carbocycles. The number of carbonyl (C=O) groups is 1. The number of aromatic hydroxyl groups is 2. The van der Waals surface area contributed by atoms with Gasteiger partial charge in [-0.15, -0.1) is 0 Å². The van der Waals surface area contributed by atoms with E-state index in [1.54, 1.807) is 6.07 Å². The maximum absolute atomic E-state index is 13.1. The molecule has 2 aromatic rings. The molecule has 0 spiro atoms. The minimum Gasteiger partial charge on any atom is -0.504 e. The highest BCUT2D eigenvalue weighted by molar-refractivity contribution is 5.97. The van der Waals surface area contributed by atoms with Crippen molar-refractivity contribution >= 4 is 11.9 Å². The summed E-state index contributed by atoms with van der Waals surface area (Å²) in [6.45, 7) is -0.874. The second kappa shape index (κ2) is 14.6. The molecule has 0 amide bonds. The van der Waals surface area contributed by atoms with E-state index in [-0.39, 0.29) is 35.8 Å². The van der Waals surface area contributed by atoms with Crippen LogP contribution in [0.1, 0.15) is 17.5 Å². The summed E-state index contributed by atoms with van der Waals surface area (Å²) in [6.07, 6.45) is -17.3. The maximum atomic E-state index is 13.1. The van der Waals surface area contributed by atoms with E-state index in [9.17, 15) is 55.9 Å². The number of aryl methyl sites for hydroxylation is 1. The molecule has 15 nitrogen and oxygen atoms in total. The van der Waals surface area contributed by atoms with Gasteiger partial charge < -0.3 is 70.0 Å².